The van der Waals surface area contributed by atoms with Crippen LogP contribution >= 0.6 is 0 Å². The van der Waals surface area contributed by atoms with Crippen molar-refractivity contribution < 1.29 is 27.5 Å². The number of carboxylic acids is 1. The molecule has 5 N–H and O–H groups in total. The van der Waals surface area contributed by atoms with E-state index in [-0.39, 0.29) is 35.1 Å². The molecule has 1 aromatic carbocycles. The molecule has 0 unspecified atom stereocenters. The second kappa shape index (κ2) is 6.37. The molecule has 7 nitrogen and oxygen atoms in total. The average molecular weight is 454 g/mol. The molecule has 0 spiro atoms. The van der Waals surface area contributed by atoms with Crippen LogP contribution in [0.1, 0.15) is 41.2 Å². The molecule has 11 heteroatoms. The van der Waals surface area contributed by atoms with E-state index in [9.17, 15) is 27.9 Å². The number of hydrogen-bond donors (Lipinski definition) is 3. The topological polar surface area (TPSA) is 115 Å². The first kappa shape index (κ1) is 21.0. The Morgan fingerprint density at radius 2 is 1.94 bits per heavy atom. The SMILES string of the molecule is Cc1c(N2C[C@H](C3(N)CC3)C(F)(F)C2)c(F)c(N)c2c(=O)c(C(=O)O)cn([C@@H]3C[C@@H]3F)c12. The van der Waals surface area contributed by atoms with Crippen LogP contribution in [0, 0.1) is 18.7 Å². The molecule has 2 aliphatic carbocycles. The first-order valence-electron chi connectivity index (χ1n) is 10.3. The van der Waals surface area contributed by atoms with E-state index in [0.29, 0.717) is 12.8 Å². The number of carboxylic acid groups (broad SMARTS) is 1. The zero-order valence-electron chi connectivity index (χ0n) is 17.2. The summed E-state index contributed by atoms with van der Waals surface area (Å²) < 4.78 is 60.3. The lowest BCUT2D eigenvalue weighted by molar-refractivity contribution is -0.0332. The van der Waals surface area contributed by atoms with Crippen LogP contribution in [0.15, 0.2) is 11.0 Å². The minimum atomic E-state index is -3.15. The molecular weight excluding hydrogens is 432 g/mol. The summed E-state index contributed by atoms with van der Waals surface area (Å²) >= 11 is 0. The zero-order valence-corrected chi connectivity index (χ0v) is 17.2. The quantitative estimate of drug-likeness (QED) is 0.483. The van der Waals surface area contributed by atoms with Crippen molar-refractivity contribution in [3.63, 3.8) is 0 Å². The molecule has 3 fully saturated rings. The summed E-state index contributed by atoms with van der Waals surface area (Å²) in [7, 11) is 0. The third-order valence-corrected chi connectivity index (χ3v) is 7.08. The highest BCUT2D eigenvalue weighted by molar-refractivity contribution is 6.01. The van der Waals surface area contributed by atoms with Gasteiger partial charge in [0.05, 0.1) is 40.8 Å². The van der Waals surface area contributed by atoms with Gasteiger partial charge in [0, 0.05) is 24.7 Å². The van der Waals surface area contributed by atoms with Crippen molar-refractivity contribution in [2.45, 2.75) is 49.9 Å². The smallest absolute Gasteiger partial charge is 0.341 e. The summed E-state index contributed by atoms with van der Waals surface area (Å²) in [6, 6.07) is -0.751. The van der Waals surface area contributed by atoms with Crippen molar-refractivity contribution in [2.24, 2.45) is 11.7 Å². The molecule has 2 aromatic rings. The standard InChI is InChI=1S/C21H22F4N4O3/c1-8-16-13(18(30)9(19(31)32)5-29(16)11-4-10(11)22)15(26)14(23)17(8)28-6-12(20(27)2-3-20)21(24,25)7-28/h5,10-12H,2-4,6-7,26-27H2,1H3,(H,31,32)/t10-,11+,12+/m0/s1. The van der Waals surface area contributed by atoms with E-state index in [1.807, 2.05) is 0 Å². The van der Waals surface area contributed by atoms with Crippen molar-refractivity contribution in [3.05, 3.63) is 33.4 Å². The van der Waals surface area contributed by atoms with Gasteiger partial charge >= 0.3 is 5.97 Å². The summed E-state index contributed by atoms with van der Waals surface area (Å²) in [6.45, 7) is 0.470. The summed E-state index contributed by atoms with van der Waals surface area (Å²) in [5.41, 5.74) is 8.65. The van der Waals surface area contributed by atoms with E-state index in [2.05, 4.69) is 0 Å². The normalized spacial score (nSPS) is 27.7. The summed E-state index contributed by atoms with van der Waals surface area (Å²) in [5, 5.41) is 9.01. The number of pyridine rings is 1. The lowest BCUT2D eigenvalue weighted by Gasteiger charge is -2.25. The van der Waals surface area contributed by atoms with Crippen molar-refractivity contribution >= 4 is 28.2 Å². The second-order valence-electron chi connectivity index (χ2n) is 9.26. The molecule has 0 amide bonds. The molecule has 0 radical (unpaired) electrons. The molecule has 1 saturated heterocycles. The van der Waals surface area contributed by atoms with E-state index >= 15 is 4.39 Å². The van der Waals surface area contributed by atoms with Crippen molar-refractivity contribution in [3.8, 4) is 0 Å². The number of anilines is 2. The minimum absolute atomic E-state index is 0.0553. The number of benzene rings is 1. The third kappa shape index (κ3) is 2.83. The molecule has 2 heterocycles. The van der Waals surface area contributed by atoms with Crippen molar-refractivity contribution in [2.75, 3.05) is 23.7 Å². The highest BCUT2D eigenvalue weighted by Crippen LogP contribution is 2.52. The van der Waals surface area contributed by atoms with E-state index in [0.717, 1.165) is 6.20 Å². The number of aromatic carboxylic acids is 1. The number of aryl methyl sites for hydroxylation is 1. The van der Waals surface area contributed by atoms with Gasteiger partial charge in [0.25, 0.3) is 5.92 Å². The highest BCUT2D eigenvalue weighted by atomic mass is 19.3. The minimum Gasteiger partial charge on any atom is -0.477 e. The number of carbonyl (C=O) groups is 1. The van der Waals surface area contributed by atoms with Crippen LogP contribution in [0.2, 0.25) is 0 Å². The maximum atomic E-state index is 15.5. The Hall–Kier alpha value is -2.82. The number of nitrogens with zero attached hydrogens (tertiary/aromatic N) is 2. The average Bonchev–Trinajstić information content (AvgIpc) is 3.59. The molecule has 0 bridgehead atoms. The van der Waals surface area contributed by atoms with Gasteiger partial charge in [-0.3, -0.25) is 4.79 Å². The van der Waals surface area contributed by atoms with Gasteiger partial charge < -0.3 is 26.0 Å². The van der Waals surface area contributed by atoms with Gasteiger partial charge in [0.2, 0.25) is 5.43 Å². The summed E-state index contributed by atoms with van der Waals surface area (Å²) in [6.07, 6.45) is 0.747. The van der Waals surface area contributed by atoms with Crippen LogP contribution in [0.5, 0.6) is 0 Å². The predicted octanol–water partition coefficient (Wildman–Crippen LogP) is 2.58. The predicted molar refractivity (Wildman–Crippen MR) is 110 cm³/mol. The van der Waals surface area contributed by atoms with Crippen LogP contribution in [0.25, 0.3) is 10.9 Å². The summed E-state index contributed by atoms with van der Waals surface area (Å²) in [4.78, 5) is 25.6. The molecule has 5 rings (SSSR count). The van der Waals surface area contributed by atoms with Crippen molar-refractivity contribution in [1.82, 2.24) is 4.57 Å². The molecule has 1 aromatic heterocycles. The third-order valence-electron chi connectivity index (χ3n) is 7.08. The Kier molecular flexibility index (Phi) is 4.19. The zero-order chi connectivity index (χ0) is 23.3. The molecular formula is C21H22F4N4O3. The lowest BCUT2D eigenvalue weighted by Crippen LogP contribution is -2.43. The maximum absolute atomic E-state index is 15.5. The van der Waals surface area contributed by atoms with E-state index in [4.69, 9.17) is 11.5 Å². The van der Waals surface area contributed by atoms with Gasteiger partial charge in [-0.05, 0) is 25.3 Å². The van der Waals surface area contributed by atoms with Crippen LogP contribution in [0.3, 0.4) is 0 Å². The number of nitrogens with two attached hydrogens (primary N) is 2. The van der Waals surface area contributed by atoms with Crippen LogP contribution in [-0.2, 0) is 0 Å². The van der Waals surface area contributed by atoms with Crippen LogP contribution < -0.4 is 21.8 Å². The fourth-order valence-electron chi connectivity index (χ4n) is 5.06. The number of nitrogen functional groups attached to an aromatic ring is 1. The van der Waals surface area contributed by atoms with Gasteiger partial charge in [-0.15, -0.1) is 0 Å². The van der Waals surface area contributed by atoms with Gasteiger partial charge in [0.15, 0.2) is 5.82 Å². The largest absolute Gasteiger partial charge is 0.477 e. The highest BCUT2D eigenvalue weighted by Gasteiger charge is 2.61. The molecule has 2 saturated carbocycles. The molecule has 3 atom stereocenters. The number of aromatic nitrogens is 1. The number of alkyl halides is 3. The molecule has 32 heavy (non-hydrogen) atoms. The number of halogens is 4. The number of fused-ring (bicyclic) bond motifs is 1. The van der Waals surface area contributed by atoms with Crippen molar-refractivity contribution in [1.29, 1.82) is 0 Å². The van der Waals surface area contributed by atoms with E-state index < -0.39 is 64.6 Å². The fraction of sp³-hybridized carbons (Fsp3) is 0.524. The lowest BCUT2D eigenvalue weighted by atomic mass is 9.94. The number of rotatable bonds is 4. The fourth-order valence-corrected chi connectivity index (χ4v) is 5.06. The Morgan fingerprint density at radius 3 is 2.47 bits per heavy atom. The Bertz CT molecular complexity index is 1240. The van der Waals surface area contributed by atoms with Gasteiger partial charge in [-0.2, -0.15) is 0 Å². The monoisotopic (exact) mass is 454 g/mol. The second-order valence-corrected chi connectivity index (χ2v) is 9.26. The Labute approximate surface area is 179 Å². The van der Waals surface area contributed by atoms with E-state index in [1.54, 1.807) is 0 Å². The van der Waals surface area contributed by atoms with Crippen LogP contribution in [0.4, 0.5) is 28.9 Å². The number of hydrogen-bond acceptors (Lipinski definition) is 5. The van der Waals surface area contributed by atoms with Gasteiger partial charge in [-0.1, -0.05) is 0 Å². The van der Waals surface area contributed by atoms with E-state index in [1.165, 1.54) is 16.4 Å². The Balaban J connectivity index is 1.75. The van der Waals surface area contributed by atoms with Gasteiger partial charge in [0.1, 0.15) is 11.7 Å². The molecule has 1 aliphatic heterocycles. The first-order chi connectivity index (χ1) is 14.9. The first-order valence-corrected chi connectivity index (χ1v) is 10.3. The summed E-state index contributed by atoms with van der Waals surface area (Å²) in [5.74, 6) is -6.95. The van der Waals surface area contributed by atoms with Crippen LogP contribution in [-0.4, -0.2) is 46.4 Å². The molecule has 172 valence electrons. The molecule has 3 aliphatic rings. The maximum Gasteiger partial charge on any atom is 0.341 e. The van der Waals surface area contributed by atoms with Gasteiger partial charge in [-0.25, -0.2) is 22.4 Å². The Morgan fingerprint density at radius 1 is 1.31 bits per heavy atom.